The highest BCUT2D eigenvalue weighted by atomic mass is 16.3. The van der Waals surface area contributed by atoms with E-state index in [1.807, 2.05) is 0 Å². The second kappa shape index (κ2) is 7.88. The molecule has 1 fully saturated rings. The molecule has 1 aliphatic rings. The monoisotopic (exact) mass is 381 g/mol. The molecule has 4 rings (SSSR count). The van der Waals surface area contributed by atoms with Crippen LogP contribution in [0.1, 0.15) is 37.9 Å². The van der Waals surface area contributed by atoms with Crippen molar-refractivity contribution in [1.29, 1.82) is 0 Å². The lowest BCUT2D eigenvalue weighted by Gasteiger charge is -2.23. The van der Waals surface area contributed by atoms with Crippen LogP contribution in [-0.4, -0.2) is 21.1 Å². The quantitative estimate of drug-likeness (QED) is 0.734. The molecule has 2 heterocycles. The Morgan fingerprint density at radius 3 is 2.57 bits per heavy atom. The van der Waals surface area contributed by atoms with Crippen molar-refractivity contribution in [2.45, 2.75) is 51.2 Å². The smallest absolute Gasteiger partial charge is 0.332 e. The zero-order chi connectivity index (χ0) is 19.5. The Kier molecular flexibility index (Phi) is 5.14. The van der Waals surface area contributed by atoms with E-state index in [0.29, 0.717) is 16.7 Å². The lowest BCUT2D eigenvalue weighted by Crippen LogP contribution is -2.44. The van der Waals surface area contributed by atoms with Crippen LogP contribution in [-0.2, 0) is 17.9 Å². The molecular formula is C21H23N3O4. The second-order valence-electron chi connectivity index (χ2n) is 7.26. The van der Waals surface area contributed by atoms with Crippen molar-refractivity contribution in [3.8, 4) is 0 Å². The minimum Gasteiger partial charge on any atom is -0.467 e. The molecule has 1 aliphatic carbocycles. The van der Waals surface area contributed by atoms with E-state index in [1.165, 1.54) is 17.3 Å². The SMILES string of the molecule is O=C(Cn1c(=O)n(Cc2ccco2)c(=O)c2ccccc21)NC1CCCCC1. The summed E-state index contributed by atoms with van der Waals surface area (Å²) in [6, 6.07) is 10.5. The van der Waals surface area contributed by atoms with Gasteiger partial charge in [0, 0.05) is 6.04 Å². The van der Waals surface area contributed by atoms with E-state index in [0.717, 1.165) is 30.3 Å². The van der Waals surface area contributed by atoms with Gasteiger partial charge in [-0.25, -0.2) is 4.79 Å². The average molecular weight is 381 g/mol. The number of nitrogens with zero attached hydrogens (tertiary/aromatic N) is 2. The number of aromatic nitrogens is 2. The molecule has 1 aromatic carbocycles. The molecular weight excluding hydrogens is 358 g/mol. The zero-order valence-corrected chi connectivity index (χ0v) is 15.6. The fourth-order valence-electron chi connectivity index (χ4n) is 3.89. The van der Waals surface area contributed by atoms with E-state index in [-0.39, 0.29) is 30.6 Å². The number of amides is 1. The largest absolute Gasteiger partial charge is 0.467 e. The highest BCUT2D eigenvalue weighted by Gasteiger charge is 2.19. The maximum atomic E-state index is 13.1. The predicted octanol–water partition coefficient (Wildman–Crippen LogP) is 2.25. The van der Waals surface area contributed by atoms with Gasteiger partial charge in [-0.2, -0.15) is 0 Å². The van der Waals surface area contributed by atoms with Crippen LogP contribution in [0.3, 0.4) is 0 Å². The fourth-order valence-corrected chi connectivity index (χ4v) is 3.89. The first kappa shape index (κ1) is 18.3. The highest BCUT2D eigenvalue weighted by Crippen LogP contribution is 2.17. The first-order chi connectivity index (χ1) is 13.6. The molecule has 2 aromatic heterocycles. The van der Waals surface area contributed by atoms with E-state index >= 15 is 0 Å². The van der Waals surface area contributed by atoms with E-state index in [1.54, 1.807) is 36.4 Å². The third-order valence-electron chi connectivity index (χ3n) is 5.30. The maximum absolute atomic E-state index is 13.1. The van der Waals surface area contributed by atoms with Crippen molar-refractivity contribution in [3.63, 3.8) is 0 Å². The third-order valence-corrected chi connectivity index (χ3v) is 5.30. The molecule has 1 N–H and O–H groups in total. The van der Waals surface area contributed by atoms with Gasteiger partial charge in [-0.15, -0.1) is 0 Å². The van der Waals surface area contributed by atoms with Crippen LogP contribution in [0, 0.1) is 0 Å². The molecule has 146 valence electrons. The van der Waals surface area contributed by atoms with Crippen molar-refractivity contribution in [1.82, 2.24) is 14.5 Å². The summed E-state index contributed by atoms with van der Waals surface area (Å²) in [5.41, 5.74) is -0.438. The Morgan fingerprint density at radius 1 is 1.04 bits per heavy atom. The van der Waals surface area contributed by atoms with Crippen LogP contribution in [0.5, 0.6) is 0 Å². The number of hydrogen-bond donors (Lipinski definition) is 1. The van der Waals surface area contributed by atoms with Gasteiger partial charge >= 0.3 is 5.69 Å². The van der Waals surface area contributed by atoms with Crippen molar-refractivity contribution in [3.05, 3.63) is 69.3 Å². The number of carbonyl (C=O) groups is 1. The molecule has 0 saturated heterocycles. The van der Waals surface area contributed by atoms with E-state index < -0.39 is 5.69 Å². The lowest BCUT2D eigenvalue weighted by molar-refractivity contribution is -0.122. The van der Waals surface area contributed by atoms with Gasteiger partial charge in [-0.3, -0.25) is 18.7 Å². The van der Waals surface area contributed by atoms with E-state index in [2.05, 4.69) is 5.32 Å². The molecule has 7 heteroatoms. The van der Waals surface area contributed by atoms with Crippen LogP contribution in [0.4, 0.5) is 0 Å². The molecule has 7 nitrogen and oxygen atoms in total. The second-order valence-corrected chi connectivity index (χ2v) is 7.26. The Labute approximate surface area is 161 Å². The van der Waals surface area contributed by atoms with Crippen LogP contribution in [0.25, 0.3) is 10.9 Å². The van der Waals surface area contributed by atoms with Gasteiger partial charge in [-0.1, -0.05) is 31.4 Å². The van der Waals surface area contributed by atoms with Crippen molar-refractivity contribution < 1.29 is 9.21 Å². The zero-order valence-electron chi connectivity index (χ0n) is 15.6. The number of nitrogens with one attached hydrogen (secondary N) is 1. The van der Waals surface area contributed by atoms with Gasteiger partial charge in [-0.05, 0) is 37.1 Å². The molecule has 0 aliphatic heterocycles. The Bertz CT molecular complexity index is 1090. The molecule has 1 saturated carbocycles. The summed E-state index contributed by atoms with van der Waals surface area (Å²) in [6.45, 7) is -0.0893. The van der Waals surface area contributed by atoms with Gasteiger partial charge in [0.05, 0.1) is 23.7 Å². The molecule has 0 bridgehead atoms. The topological polar surface area (TPSA) is 86.2 Å². The fraction of sp³-hybridized carbons (Fsp3) is 0.381. The highest BCUT2D eigenvalue weighted by molar-refractivity contribution is 5.81. The minimum absolute atomic E-state index is 0.0275. The van der Waals surface area contributed by atoms with Gasteiger partial charge in [0.2, 0.25) is 5.91 Å². The van der Waals surface area contributed by atoms with Crippen molar-refractivity contribution >= 4 is 16.8 Å². The number of furan rings is 1. The van der Waals surface area contributed by atoms with Gasteiger partial charge < -0.3 is 9.73 Å². The molecule has 0 atom stereocenters. The number of hydrogen-bond acceptors (Lipinski definition) is 4. The van der Waals surface area contributed by atoms with Crippen LogP contribution in [0.2, 0.25) is 0 Å². The van der Waals surface area contributed by atoms with E-state index in [9.17, 15) is 14.4 Å². The predicted molar refractivity (Wildman–Crippen MR) is 105 cm³/mol. The van der Waals surface area contributed by atoms with Gasteiger partial charge in [0.25, 0.3) is 5.56 Å². The third kappa shape index (κ3) is 3.65. The standard InChI is InChI=1S/C21H23N3O4/c25-19(22-15-7-2-1-3-8-15)14-23-18-11-5-4-10-17(18)20(26)24(21(23)27)13-16-9-6-12-28-16/h4-6,9-12,15H,1-3,7-8,13-14H2,(H,22,25). The minimum atomic E-state index is -0.515. The van der Waals surface area contributed by atoms with Crippen molar-refractivity contribution in [2.75, 3.05) is 0 Å². The van der Waals surface area contributed by atoms with Crippen LogP contribution < -0.4 is 16.6 Å². The molecule has 28 heavy (non-hydrogen) atoms. The maximum Gasteiger partial charge on any atom is 0.332 e. The summed E-state index contributed by atoms with van der Waals surface area (Å²) in [5.74, 6) is 0.301. The Morgan fingerprint density at radius 2 is 1.82 bits per heavy atom. The first-order valence-corrected chi connectivity index (χ1v) is 9.67. The summed E-state index contributed by atoms with van der Waals surface area (Å²) in [4.78, 5) is 38.5. The molecule has 3 aromatic rings. The summed E-state index contributed by atoms with van der Waals surface area (Å²) in [5, 5.41) is 3.44. The molecule has 0 radical (unpaired) electrons. The van der Waals surface area contributed by atoms with Gasteiger partial charge in [0.15, 0.2) is 0 Å². The normalized spacial score (nSPS) is 15.0. The molecule has 1 amide bonds. The molecule has 0 unspecified atom stereocenters. The number of carbonyl (C=O) groups excluding carboxylic acids is 1. The number of para-hydroxylation sites is 1. The number of fused-ring (bicyclic) bond motifs is 1. The Hall–Kier alpha value is -3.09. The summed E-state index contributed by atoms with van der Waals surface area (Å²) in [6.07, 6.45) is 6.87. The lowest BCUT2D eigenvalue weighted by atomic mass is 9.95. The average Bonchev–Trinajstić information content (AvgIpc) is 3.22. The van der Waals surface area contributed by atoms with E-state index in [4.69, 9.17) is 4.42 Å². The number of rotatable bonds is 5. The van der Waals surface area contributed by atoms with Crippen molar-refractivity contribution in [2.24, 2.45) is 0 Å². The number of benzene rings is 1. The summed E-state index contributed by atoms with van der Waals surface area (Å²) >= 11 is 0. The van der Waals surface area contributed by atoms with Gasteiger partial charge in [0.1, 0.15) is 12.3 Å². The summed E-state index contributed by atoms with van der Waals surface area (Å²) < 4.78 is 7.79. The molecule has 0 spiro atoms. The summed E-state index contributed by atoms with van der Waals surface area (Å²) in [7, 11) is 0. The van der Waals surface area contributed by atoms with Crippen LogP contribution in [0.15, 0.2) is 56.7 Å². The first-order valence-electron chi connectivity index (χ1n) is 9.67. The van der Waals surface area contributed by atoms with Crippen LogP contribution >= 0.6 is 0 Å². The Balaban J connectivity index is 1.71.